The zero-order chi connectivity index (χ0) is 21.0. The normalized spacial score (nSPS) is 15.4. The Balaban J connectivity index is 1.77. The third kappa shape index (κ3) is 5.15. The standard InChI is InChI=1S/C22H26FNO4S/c1-3-16(2)24(22(25)18-7-5-8-18)15-17-6-4-9-20(14-17)28-29(26,27)21-12-10-19(23)11-13-21/h4,6,9-14,16,18H,3,5,7-8,15H2,1-2H3/t16-/m1/s1. The zero-order valence-corrected chi connectivity index (χ0v) is 17.5. The number of benzene rings is 2. The fourth-order valence-corrected chi connectivity index (χ4v) is 4.15. The van der Waals surface area contributed by atoms with Gasteiger partial charge in [0.25, 0.3) is 0 Å². The molecule has 29 heavy (non-hydrogen) atoms. The van der Waals surface area contributed by atoms with E-state index in [1.165, 1.54) is 0 Å². The first-order valence-electron chi connectivity index (χ1n) is 9.89. The highest BCUT2D eigenvalue weighted by Gasteiger charge is 2.31. The SMILES string of the molecule is CC[C@@H](C)N(Cc1cccc(OS(=O)(=O)c2ccc(F)cc2)c1)C(=O)C1CCC1. The molecule has 7 heteroatoms. The minimum Gasteiger partial charge on any atom is -0.379 e. The molecule has 1 saturated carbocycles. The number of rotatable bonds is 8. The van der Waals surface area contributed by atoms with E-state index in [1.807, 2.05) is 24.8 Å². The van der Waals surface area contributed by atoms with E-state index in [0.29, 0.717) is 6.54 Å². The lowest BCUT2D eigenvalue weighted by Crippen LogP contribution is -2.43. The van der Waals surface area contributed by atoms with Crippen molar-refractivity contribution in [2.45, 2.75) is 57.0 Å². The Hall–Kier alpha value is -2.41. The quantitative estimate of drug-likeness (QED) is 0.590. The molecule has 156 valence electrons. The Labute approximate surface area is 171 Å². The summed E-state index contributed by atoms with van der Waals surface area (Å²) in [6.07, 6.45) is 3.80. The predicted octanol–water partition coefficient (Wildman–Crippen LogP) is 4.52. The van der Waals surface area contributed by atoms with Crippen LogP contribution in [-0.2, 0) is 21.5 Å². The summed E-state index contributed by atoms with van der Waals surface area (Å²) in [7, 11) is -4.07. The van der Waals surface area contributed by atoms with Crippen molar-refractivity contribution in [3.8, 4) is 5.75 Å². The largest absolute Gasteiger partial charge is 0.379 e. The van der Waals surface area contributed by atoms with Crippen LogP contribution in [0.2, 0.25) is 0 Å². The van der Waals surface area contributed by atoms with Crippen LogP contribution in [0.5, 0.6) is 5.75 Å². The molecule has 1 aliphatic carbocycles. The van der Waals surface area contributed by atoms with E-state index in [1.54, 1.807) is 18.2 Å². The Kier molecular flexibility index (Phi) is 6.57. The lowest BCUT2D eigenvalue weighted by Gasteiger charge is -2.35. The maximum atomic E-state index is 13.1. The molecule has 3 rings (SSSR count). The Morgan fingerprint density at radius 1 is 1.21 bits per heavy atom. The minimum atomic E-state index is -4.07. The van der Waals surface area contributed by atoms with E-state index in [9.17, 15) is 17.6 Å². The molecule has 0 unspecified atom stereocenters. The second-order valence-corrected chi connectivity index (χ2v) is 9.04. The topological polar surface area (TPSA) is 63.7 Å². The molecule has 0 aromatic heterocycles. The van der Waals surface area contributed by atoms with Crippen molar-refractivity contribution in [1.82, 2.24) is 4.90 Å². The van der Waals surface area contributed by atoms with Crippen molar-refractivity contribution in [2.75, 3.05) is 0 Å². The number of carbonyl (C=O) groups is 1. The third-order valence-electron chi connectivity index (χ3n) is 5.42. The van der Waals surface area contributed by atoms with Gasteiger partial charge in [0.15, 0.2) is 0 Å². The Morgan fingerprint density at radius 2 is 1.90 bits per heavy atom. The second kappa shape index (κ2) is 8.95. The van der Waals surface area contributed by atoms with E-state index < -0.39 is 15.9 Å². The molecule has 0 aliphatic heterocycles. The first-order chi connectivity index (χ1) is 13.8. The number of hydrogen-bond donors (Lipinski definition) is 0. The van der Waals surface area contributed by atoms with Gasteiger partial charge < -0.3 is 9.08 Å². The summed E-state index contributed by atoms with van der Waals surface area (Å²) >= 11 is 0. The molecule has 0 N–H and O–H groups in total. The van der Waals surface area contributed by atoms with Crippen molar-refractivity contribution in [2.24, 2.45) is 5.92 Å². The smallest absolute Gasteiger partial charge is 0.339 e. The van der Waals surface area contributed by atoms with Gasteiger partial charge in [-0.1, -0.05) is 25.5 Å². The van der Waals surface area contributed by atoms with Gasteiger partial charge in [-0.25, -0.2) is 4.39 Å². The van der Waals surface area contributed by atoms with Crippen LogP contribution in [0.25, 0.3) is 0 Å². The van der Waals surface area contributed by atoms with Crippen LogP contribution in [0.4, 0.5) is 4.39 Å². The van der Waals surface area contributed by atoms with Crippen molar-refractivity contribution in [3.05, 3.63) is 59.9 Å². The number of nitrogens with zero attached hydrogens (tertiary/aromatic N) is 1. The van der Waals surface area contributed by atoms with Gasteiger partial charge in [-0.05, 0) is 68.1 Å². The van der Waals surface area contributed by atoms with Gasteiger partial charge >= 0.3 is 10.1 Å². The average Bonchev–Trinajstić information content (AvgIpc) is 2.64. The van der Waals surface area contributed by atoms with Gasteiger partial charge in [-0.2, -0.15) is 8.42 Å². The molecule has 0 heterocycles. The van der Waals surface area contributed by atoms with Crippen LogP contribution in [0.3, 0.4) is 0 Å². The van der Waals surface area contributed by atoms with E-state index in [0.717, 1.165) is 55.5 Å². The van der Waals surface area contributed by atoms with Crippen molar-refractivity contribution >= 4 is 16.0 Å². The van der Waals surface area contributed by atoms with E-state index in [-0.39, 0.29) is 28.5 Å². The molecule has 1 aliphatic rings. The molecule has 0 saturated heterocycles. The number of carbonyl (C=O) groups excluding carboxylic acids is 1. The Bertz CT molecular complexity index is 955. The highest BCUT2D eigenvalue weighted by molar-refractivity contribution is 7.87. The third-order valence-corrected chi connectivity index (χ3v) is 6.68. The first-order valence-corrected chi connectivity index (χ1v) is 11.3. The van der Waals surface area contributed by atoms with Crippen LogP contribution < -0.4 is 4.18 Å². The lowest BCUT2D eigenvalue weighted by molar-refractivity contribution is -0.141. The predicted molar refractivity (Wildman–Crippen MR) is 108 cm³/mol. The number of halogens is 1. The van der Waals surface area contributed by atoms with Gasteiger partial charge in [0.2, 0.25) is 5.91 Å². The molecular formula is C22H26FNO4S. The molecule has 0 spiro atoms. The number of hydrogen-bond acceptors (Lipinski definition) is 4. The van der Waals surface area contributed by atoms with Crippen molar-refractivity contribution in [3.63, 3.8) is 0 Å². The van der Waals surface area contributed by atoms with Crippen LogP contribution in [-0.4, -0.2) is 25.3 Å². The Morgan fingerprint density at radius 3 is 2.48 bits per heavy atom. The highest BCUT2D eigenvalue weighted by atomic mass is 32.2. The first kappa shape index (κ1) is 21.3. The molecule has 1 fully saturated rings. The molecule has 2 aromatic carbocycles. The van der Waals surface area contributed by atoms with Gasteiger partial charge in [-0.15, -0.1) is 0 Å². The summed E-state index contributed by atoms with van der Waals surface area (Å²) in [5.74, 6) is -0.0997. The fourth-order valence-electron chi connectivity index (χ4n) is 3.23. The maximum Gasteiger partial charge on any atom is 0.339 e. The highest BCUT2D eigenvalue weighted by Crippen LogP contribution is 2.30. The summed E-state index contributed by atoms with van der Waals surface area (Å²) in [6, 6.07) is 11.3. The molecule has 1 atom stereocenters. The summed E-state index contributed by atoms with van der Waals surface area (Å²) in [6.45, 7) is 4.47. The average molecular weight is 420 g/mol. The number of amides is 1. The summed E-state index contributed by atoms with van der Waals surface area (Å²) in [5.41, 5.74) is 0.796. The van der Waals surface area contributed by atoms with E-state index in [2.05, 4.69) is 0 Å². The summed E-state index contributed by atoms with van der Waals surface area (Å²) in [4.78, 5) is 14.6. The molecule has 5 nitrogen and oxygen atoms in total. The van der Waals surface area contributed by atoms with Crippen LogP contribution in [0, 0.1) is 11.7 Å². The summed E-state index contributed by atoms with van der Waals surface area (Å²) < 4.78 is 43.1. The van der Waals surface area contributed by atoms with Crippen LogP contribution in [0.15, 0.2) is 53.4 Å². The van der Waals surface area contributed by atoms with Crippen LogP contribution in [0.1, 0.15) is 45.1 Å². The molecule has 0 bridgehead atoms. The molecule has 2 aromatic rings. The summed E-state index contributed by atoms with van der Waals surface area (Å²) in [5, 5.41) is 0. The van der Waals surface area contributed by atoms with Gasteiger partial charge in [0.05, 0.1) is 0 Å². The minimum absolute atomic E-state index is 0.0932. The van der Waals surface area contributed by atoms with E-state index in [4.69, 9.17) is 4.18 Å². The second-order valence-electron chi connectivity index (χ2n) is 7.49. The zero-order valence-electron chi connectivity index (χ0n) is 16.7. The lowest BCUT2D eigenvalue weighted by atomic mass is 9.84. The molecule has 0 radical (unpaired) electrons. The maximum absolute atomic E-state index is 13.1. The molecular weight excluding hydrogens is 393 g/mol. The van der Waals surface area contributed by atoms with Crippen LogP contribution >= 0.6 is 0 Å². The monoisotopic (exact) mass is 419 g/mol. The van der Waals surface area contributed by atoms with Crippen molar-refractivity contribution in [1.29, 1.82) is 0 Å². The van der Waals surface area contributed by atoms with E-state index >= 15 is 0 Å². The van der Waals surface area contributed by atoms with Crippen molar-refractivity contribution < 1.29 is 21.8 Å². The van der Waals surface area contributed by atoms with Gasteiger partial charge in [0, 0.05) is 18.5 Å². The molecule has 1 amide bonds. The van der Waals surface area contributed by atoms with Gasteiger partial charge in [0.1, 0.15) is 16.5 Å². The van der Waals surface area contributed by atoms with Gasteiger partial charge in [-0.3, -0.25) is 4.79 Å². The fraction of sp³-hybridized carbons (Fsp3) is 0.409.